The Kier molecular flexibility index (Phi) is 3.76. The summed E-state index contributed by atoms with van der Waals surface area (Å²) in [4.78, 5) is 11.8. The lowest BCUT2D eigenvalue weighted by Gasteiger charge is -2.12. The number of anilines is 1. The fourth-order valence-corrected chi connectivity index (χ4v) is 1.56. The number of nitrogens with one attached hydrogen (secondary N) is 1. The summed E-state index contributed by atoms with van der Waals surface area (Å²) >= 11 is 0. The average Bonchev–Trinajstić information content (AvgIpc) is 2.83. The molecule has 0 unspecified atom stereocenters. The second kappa shape index (κ2) is 5.23. The Labute approximate surface area is 118 Å². The highest BCUT2D eigenvalue weighted by Crippen LogP contribution is 2.24. The van der Waals surface area contributed by atoms with Gasteiger partial charge in [-0.1, -0.05) is 25.9 Å². The van der Waals surface area contributed by atoms with Crippen molar-refractivity contribution < 1.29 is 22.5 Å². The normalized spacial score (nSPS) is 11.5. The number of halogens is 3. The number of aromatic nitrogens is 1. The van der Waals surface area contributed by atoms with E-state index in [4.69, 9.17) is 4.52 Å². The Morgan fingerprint density at radius 3 is 2.19 bits per heavy atom. The molecular weight excluding hydrogens is 285 g/mol. The SMILES string of the molecule is CC(C)(C)c1cc(NC(=O)c2cc(F)c(F)c(F)c2)on1. The van der Waals surface area contributed by atoms with Gasteiger partial charge in [0.2, 0.25) is 5.88 Å². The minimum Gasteiger partial charge on any atom is -0.338 e. The third-order valence-electron chi connectivity index (χ3n) is 2.76. The number of benzene rings is 1. The topological polar surface area (TPSA) is 55.1 Å². The largest absolute Gasteiger partial charge is 0.338 e. The Bertz CT molecular complexity index is 667. The van der Waals surface area contributed by atoms with Crippen LogP contribution >= 0.6 is 0 Å². The molecule has 0 atom stereocenters. The van der Waals surface area contributed by atoms with Gasteiger partial charge in [0, 0.05) is 17.0 Å². The van der Waals surface area contributed by atoms with Crippen molar-refractivity contribution >= 4 is 11.8 Å². The highest BCUT2D eigenvalue weighted by atomic mass is 19.2. The van der Waals surface area contributed by atoms with Crippen LogP contribution in [0.3, 0.4) is 0 Å². The molecule has 1 aromatic carbocycles. The molecule has 0 fully saturated rings. The Balaban J connectivity index is 2.20. The van der Waals surface area contributed by atoms with Gasteiger partial charge in [0.1, 0.15) is 0 Å². The Morgan fingerprint density at radius 1 is 1.14 bits per heavy atom. The van der Waals surface area contributed by atoms with Crippen molar-refractivity contribution in [2.75, 3.05) is 5.32 Å². The van der Waals surface area contributed by atoms with E-state index in [9.17, 15) is 18.0 Å². The van der Waals surface area contributed by atoms with Crippen LogP contribution in [0.15, 0.2) is 22.7 Å². The summed E-state index contributed by atoms with van der Waals surface area (Å²) in [6.45, 7) is 5.71. The van der Waals surface area contributed by atoms with Gasteiger partial charge in [0.25, 0.3) is 5.91 Å². The summed E-state index contributed by atoms with van der Waals surface area (Å²) in [5.74, 6) is -5.29. The Morgan fingerprint density at radius 2 is 1.71 bits per heavy atom. The summed E-state index contributed by atoms with van der Waals surface area (Å²) in [7, 11) is 0. The second-order valence-electron chi connectivity index (χ2n) is 5.53. The van der Waals surface area contributed by atoms with E-state index in [0.717, 1.165) is 0 Å². The van der Waals surface area contributed by atoms with Gasteiger partial charge in [-0.25, -0.2) is 13.2 Å². The van der Waals surface area contributed by atoms with Gasteiger partial charge in [-0.05, 0) is 12.1 Å². The Hall–Kier alpha value is -2.31. The van der Waals surface area contributed by atoms with E-state index in [0.29, 0.717) is 17.8 Å². The van der Waals surface area contributed by atoms with Gasteiger partial charge >= 0.3 is 0 Å². The first-order valence-corrected chi connectivity index (χ1v) is 6.11. The number of amides is 1. The molecule has 0 aliphatic rings. The van der Waals surface area contributed by atoms with Crippen LogP contribution in [0, 0.1) is 17.5 Å². The summed E-state index contributed by atoms with van der Waals surface area (Å²) in [5, 5.41) is 6.09. The molecule has 0 aliphatic heterocycles. The van der Waals surface area contributed by atoms with Crippen LogP contribution in [-0.2, 0) is 5.41 Å². The van der Waals surface area contributed by atoms with Crippen molar-refractivity contribution in [3.8, 4) is 0 Å². The smallest absolute Gasteiger partial charge is 0.258 e. The summed E-state index contributed by atoms with van der Waals surface area (Å²) in [6, 6.07) is 2.72. The number of hydrogen-bond acceptors (Lipinski definition) is 3. The molecular formula is C14H13F3N2O2. The third kappa shape index (κ3) is 3.24. The van der Waals surface area contributed by atoms with Crippen LogP contribution < -0.4 is 5.32 Å². The quantitative estimate of drug-likeness (QED) is 0.861. The maximum atomic E-state index is 13.1. The van der Waals surface area contributed by atoms with Crippen molar-refractivity contribution in [1.82, 2.24) is 5.16 Å². The van der Waals surface area contributed by atoms with Crippen molar-refractivity contribution in [1.29, 1.82) is 0 Å². The molecule has 2 rings (SSSR count). The zero-order valence-corrected chi connectivity index (χ0v) is 11.6. The van der Waals surface area contributed by atoms with Gasteiger partial charge in [-0.2, -0.15) is 0 Å². The minimum atomic E-state index is -1.62. The fourth-order valence-electron chi connectivity index (χ4n) is 1.56. The third-order valence-corrected chi connectivity index (χ3v) is 2.76. The van der Waals surface area contributed by atoms with Crippen molar-refractivity contribution in [3.63, 3.8) is 0 Å². The summed E-state index contributed by atoms with van der Waals surface area (Å²) in [6.07, 6.45) is 0. The molecule has 1 heterocycles. The zero-order valence-electron chi connectivity index (χ0n) is 11.6. The van der Waals surface area contributed by atoms with Crippen LogP contribution in [0.4, 0.5) is 19.1 Å². The molecule has 1 N–H and O–H groups in total. The lowest BCUT2D eigenvalue weighted by molar-refractivity contribution is 0.102. The monoisotopic (exact) mass is 298 g/mol. The molecule has 2 aromatic rings. The van der Waals surface area contributed by atoms with E-state index in [2.05, 4.69) is 10.5 Å². The van der Waals surface area contributed by atoms with E-state index >= 15 is 0 Å². The molecule has 0 bridgehead atoms. The van der Waals surface area contributed by atoms with Crippen LogP contribution in [0.1, 0.15) is 36.8 Å². The highest BCUT2D eigenvalue weighted by Gasteiger charge is 2.21. The lowest BCUT2D eigenvalue weighted by Crippen LogP contribution is -2.13. The molecule has 0 radical (unpaired) electrons. The first kappa shape index (κ1) is 15.1. The molecule has 4 nitrogen and oxygen atoms in total. The predicted octanol–water partition coefficient (Wildman–Crippen LogP) is 3.64. The van der Waals surface area contributed by atoms with Gasteiger partial charge < -0.3 is 4.52 Å². The molecule has 0 spiro atoms. The van der Waals surface area contributed by atoms with Crippen LogP contribution in [0.5, 0.6) is 0 Å². The number of hydrogen-bond donors (Lipinski definition) is 1. The first-order chi connectivity index (χ1) is 9.68. The molecule has 7 heteroatoms. The first-order valence-electron chi connectivity index (χ1n) is 6.11. The van der Waals surface area contributed by atoms with Gasteiger partial charge in [-0.15, -0.1) is 0 Å². The highest BCUT2D eigenvalue weighted by molar-refractivity contribution is 6.03. The van der Waals surface area contributed by atoms with Crippen LogP contribution in [0.2, 0.25) is 0 Å². The summed E-state index contributed by atoms with van der Waals surface area (Å²) in [5.41, 5.74) is -0.0324. The molecule has 0 saturated carbocycles. The van der Waals surface area contributed by atoms with Gasteiger partial charge in [-0.3, -0.25) is 10.1 Å². The lowest BCUT2D eigenvalue weighted by atomic mass is 9.92. The average molecular weight is 298 g/mol. The van der Waals surface area contributed by atoms with Crippen molar-refractivity contribution in [3.05, 3.63) is 46.9 Å². The van der Waals surface area contributed by atoms with Gasteiger partial charge in [0.15, 0.2) is 17.5 Å². The van der Waals surface area contributed by atoms with Crippen molar-refractivity contribution in [2.24, 2.45) is 0 Å². The standard InChI is InChI=1S/C14H13F3N2O2/c1-14(2,3)10-6-11(21-19-10)18-13(20)7-4-8(15)12(17)9(16)5-7/h4-6H,1-3H3,(H,18,20). The predicted molar refractivity (Wildman–Crippen MR) is 69.5 cm³/mol. The van der Waals surface area contributed by atoms with Crippen molar-refractivity contribution in [2.45, 2.75) is 26.2 Å². The number of carbonyl (C=O) groups excluding carboxylic acids is 1. The molecule has 0 aliphatic carbocycles. The number of carbonyl (C=O) groups is 1. The number of rotatable bonds is 2. The van der Waals surface area contributed by atoms with E-state index in [1.807, 2.05) is 20.8 Å². The van der Waals surface area contributed by atoms with Crippen LogP contribution in [0.25, 0.3) is 0 Å². The molecule has 21 heavy (non-hydrogen) atoms. The summed E-state index contributed by atoms with van der Waals surface area (Å²) < 4.78 is 43.9. The zero-order chi connectivity index (χ0) is 15.8. The molecule has 1 amide bonds. The maximum Gasteiger partial charge on any atom is 0.258 e. The number of nitrogens with zero attached hydrogens (tertiary/aromatic N) is 1. The van der Waals surface area contributed by atoms with E-state index in [1.165, 1.54) is 6.07 Å². The van der Waals surface area contributed by atoms with E-state index in [1.54, 1.807) is 0 Å². The van der Waals surface area contributed by atoms with Gasteiger partial charge in [0.05, 0.1) is 5.69 Å². The maximum absolute atomic E-state index is 13.1. The second-order valence-corrected chi connectivity index (χ2v) is 5.53. The van der Waals surface area contributed by atoms with E-state index < -0.39 is 23.4 Å². The minimum absolute atomic E-state index is 0.0371. The van der Waals surface area contributed by atoms with E-state index in [-0.39, 0.29) is 16.9 Å². The fraction of sp³-hybridized carbons (Fsp3) is 0.286. The molecule has 1 aromatic heterocycles. The van der Waals surface area contributed by atoms with Crippen LogP contribution in [-0.4, -0.2) is 11.1 Å². The molecule has 112 valence electrons. The molecule has 0 saturated heterocycles.